The zero-order valence-corrected chi connectivity index (χ0v) is 18.3. The van der Waals surface area contributed by atoms with Crippen molar-refractivity contribution in [3.05, 3.63) is 53.5 Å². The van der Waals surface area contributed by atoms with Gasteiger partial charge in [0, 0.05) is 29.4 Å². The lowest BCUT2D eigenvalue weighted by molar-refractivity contribution is 0.0926. The van der Waals surface area contributed by atoms with Gasteiger partial charge in [-0.05, 0) is 57.5 Å². The molecule has 0 saturated carbocycles. The smallest absolute Gasteiger partial charge is 0.271 e. The minimum atomic E-state index is -0.135. The van der Waals surface area contributed by atoms with E-state index in [1.807, 2.05) is 12.1 Å². The SMILES string of the molecule is Cc1cc(C)c2n[nH]c(-c3nc(C(=O)NC4CCNCC4)c(-c4cccnc4)s3)c2c1. The molecule has 0 spiro atoms. The van der Waals surface area contributed by atoms with Gasteiger partial charge in [-0.3, -0.25) is 14.9 Å². The van der Waals surface area contributed by atoms with Crippen LogP contribution < -0.4 is 10.6 Å². The summed E-state index contributed by atoms with van der Waals surface area (Å²) in [6.45, 7) is 5.97. The first kappa shape index (κ1) is 19.8. The highest BCUT2D eigenvalue weighted by Crippen LogP contribution is 2.37. The van der Waals surface area contributed by atoms with Crippen LogP contribution in [0.2, 0.25) is 0 Å². The van der Waals surface area contributed by atoms with Crippen molar-refractivity contribution >= 4 is 28.1 Å². The monoisotopic (exact) mass is 432 g/mol. The molecule has 0 unspecified atom stereocenters. The van der Waals surface area contributed by atoms with Crippen molar-refractivity contribution in [2.75, 3.05) is 13.1 Å². The average molecular weight is 433 g/mol. The zero-order valence-electron chi connectivity index (χ0n) is 17.5. The first-order valence-corrected chi connectivity index (χ1v) is 11.3. The number of amides is 1. The van der Waals surface area contributed by atoms with E-state index >= 15 is 0 Å². The number of thiazole rings is 1. The molecule has 0 bridgehead atoms. The van der Waals surface area contributed by atoms with Crippen LogP contribution in [-0.4, -0.2) is 45.2 Å². The minimum Gasteiger partial charge on any atom is -0.348 e. The number of carbonyl (C=O) groups is 1. The van der Waals surface area contributed by atoms with Crippen LogP contribution in [0.5, 0.6) is 0 Å². The number of hydrogen-bond donors (Lipinski definition) is 3. The second-order valence-electron chi connectivity index (χ2n) is 8.01. The van der Waals surface area contributed by atoms with Crippen molar-refractivity contribution in [2.24, 2.45) is 0 Å². The van der Waals surface area contributed by atoms with Crippen LogP contribution in [0.15, 0.2) is 36.7 Å². The largest absolute Gasteiger partial charge is 0.348 e. The summed E-state index contributed by atoms with van der Waals surface area (Å²) in [5, 5.41) is 15.9. The van der Waals surface area contributed by atoms with Crippen LogP contribution in [0.25, 0.3) is 32.0 Å². The molecule has 3 N–H and O–H groups in total. The fourth-order valence-corrected chi connectivity index (χ4v) is 5.19. The highest BCUT2D eigenvalue weighted by molar-refractivity contribution is 7.18. The molecule has 5 rings (SSSR count). The summed E-state index contributed by atoms with van der Waals surface area (Å²) in [7, 11) is 0. The fourth-order valence-electron chi connectivity index (χ4n) is 4.13. The molecule has 1 aromatic carbocycles. The number of rotatable bonds is 4. The number of benzene rings is 1. The third-order valence-electron chi connectivity index (χ3n) is 5.65. The topological polar surface area (TPSA) is 95.6 Å². The number of nitrogens with one attached hydrogen (secondary N) is 3. The van der Waals surface area contributed by atoms with E-state index in [2.05, 4.69) is 51.8 Å². The number of H-pyrrole nitrogens is 1. The van der Waals surface area contributed by atoms with Crippen molar-refractivity contribution in [3.8, 4) is 21.1 Å². The predicted molar refractivity (Wildman–Crippen MR) is 123 cm³/mol. The Morgan fingerprint density at radius 2 is 2.06 bits per heavy atom. The van der Waals surface area contributed by atoms with Gasteiger partial charge in [-0.1, -0.05) is 17.7 Å². The van der Waals surface area contributed by atoms with Crippen LogP contribution in [0, 0.1) is 13.8 Å². The Kier molecular flexibility index (Phi) is 5.25. The van der Waals surface area contributed by atoms with Gasteiger partial charge in [0.2, 0.25) is 0 Å². The zero-order chi connectivity index (χ0) is 21.4. The van der Waals surface area contributed by atoms with Crippen LogP contribution in [-0.2, 0) is 0 Å². The van der Waals surface area contributed by atoms with Crippen molar-refractivity contribution < 1.29 is 4.79 Å². The van der Waals surface area contributed by atoms with Crippen LogP contribution in [0.4, 0.5) is 0 Å². The van der Waals surface area contributed by atoms with Gasteiger partial charge < -0.3 is 10.6 Å². The molecule has 1 saturated heterocycles. The summed E-state index contributed by atoms with van der Waals surface area (Å²) < 4.78 is 0. The summed E-state index contributed by atoms with van der Waals surface area (Å²) >= 11 is 1.49. The summed E-state index contributed by atoms with van der Waals surface area (Å²) in [5.74, 6) is -0.135. The number of piperidine rings is 1. The molecular formula is C23H24N6OS. The third-order valence-corrected chi connectivity index (χ3v) is 6.77. The lowest BCUT2D eigenvalue weighted by Gasteiger charge is -2.23. The molecular weight excluding hydrogens is 408 g/mol. The number of aromatic nitrogens is 4. The van der Waals surface area contributed by atoms with Gasteiger partial charge in [-0.2, -0.15) is 5.10 Å². The number of fused-ring (bicyclic) bond motifs is 1. The highest BCUT2D eigenvalue weighted by atomic mass is 32.1. The Morgan fingerprint density at radius 1 is 1.23 bits per heavy atom. The van der Waals surface area contributed by atoms with Gasteiger partial charge in [-0.15, -0.1) is 11.3 Å². The number of carbonyl (C=O) groups excluding carboxylic acids is 1. The van der Waals surface area contributed by atoms with E-state index in [-0.39, 0.29) is 11.9 Å². The van der Waals surface area contributed by atoms with Crippen LogP contribution in [0.3, 0.4) is 0 Å². The molecule has 0 aliphatic carbocycles. The number of pyridine rings is 1. The molecule has 0 atom stereocenters. The molecule has 4 heterocycles. The molecule has 158 valence electrons. The Bertz CT molecular complexity index is 1240. The van der Waals surface area contributed by atoms with Gasteiger partial charge in [0.05, 0.1) is 10.4 Å². The van der Waals surface area contributed by atoms with Gasteiger partial charge in [-0.25, -0.2) is 4.98 Å². The molecule has 4 aromatic rings. The molecule has 1 fully saturated rings. The molecule has 0 radical (unpaired) electrons. The van der Waals surface area contributed by atoms with E-state index in [0.29, 0.717) is 5.69 Å². The van der Waals surface area contributed by atoms with Crippen LogP contribution in [0.1, 0.15) is 34.5 Å². The van der Waals surface area contributed by atoms with Crippen molar-refractivity contribution in [1.29, 1.82) is 0 Å². The molecule has 8 heteroatoms. The molecule has 1 aliphatic rings. The summed E-state index contributed by atoms with van der Waals surface area (Å²) in [6, 6.07) is 8.24. The summed E-state index contributed by atoms with van der Waals surface area (Å²) in [5.41, 5.74) is 5.39. The number of hydrogen-bond acceptors (Lipinski definition) is 6. The highest BCUT2D eigenvalue weighted by Gasteiger charge is 2.25. The maximum Gasteiger partial charge on any atom is 0.271 e. The van der Waals surface area contributed by atoms with Crippen molar-refractivity contribution in [3.63, 3.8) is 0 Å². The Hall–Kier alpha value is -3.10. The maximum atomic E-state index is 13.2. The molecule has 31 heavy (non-hydrogen) atoms. The minimum absolute atomic E-state index is 0.135. The van der Waals surface area contributed by atoms with Crippen LogP contribution >= 0.6 is 11.3 Å². The molecule has 7 nitrogen and oxygen atoms in total. The fraction of sp³-hybridized carbons (Fsp3) is 0.304. The van der Waals surface area contributed by atoms with Crippen molar-refractivity contribution in [2.45, 2.75) is 32.7 Å². The van der Waals surface area contributed by atoms with E-state index in [9.17, 15) is 4.79 Å². The standard InChI is InChI=1S/C23H24N6OS/c1-13-10-14(2)18-17(11-13)19(29-28-18)23-27-20(21(31-23)15-4-3-7-25-12-15)22(30)26-16-5-8-24-9-6-16/h3-4,7,10-12,16,24H,5-6,8-9H2,1-2H3,(H,26,30)(H,28,29). The van der Waals surface area contributed by atoms with E-state index in [1.165, 1.54) is 16.9 Å². The normalized spacial score (nSPS) is 14.8. The first-order valence-electron chi connectivity index (χ1n) is 10.5. The number of nitrogens with zero attached hydrogens (tertiary/aromatic N) is 3. The summed E-state index contributed by atoms with van der Waals surface area (Å²) in [4.78, 5) is 23.1. The molecule has 3 aromatic heterocycles. The lowest BCUT2D eigenvalue weighted by Crippen LogP contribution is -2.42. The van der Waals surface area contributed by atoms with E-state index in [0.717, 1.165) is 63.5 Å². The van der Waals surface area contributed by atoms with Gasteiger partial charge in [0.25, 0.3) is 5.91 Å². The first-order chi connectivity index (χ1) is 15.1. The van der Waals surface area contributed by atoms with E-state index in [4.69, 9.17) is 4.98 Å². The van der Waals surface area contributed by atoms with Gasteiger partial charge in [0.1, 0.15) is 16.4 Å². The maximum absolute atomic E-state index is 13.2. The van der Waals surface area contributed by atoms with E-state index < -0.39 is 0 Å². The lowest BCUT2D eigenvalue weighted by atomic mass is 10.1. The van der Waals surface area contributed by atoms with Crippen molar-refractivity contribution in [1.82, 2.24) is 30.8 Å². The number of aromatic amines is 1. The Morgan fingerprint density at radius 3 is 2.84 bits per heavy atom. The Labute approximate surface area is 184 Å². The second kappa shape index (κ2) is 8.20. The average Bonchev–Trinajstić information content (AvgIpc) is 3.40. The quantitative estimate of drug-likeness (QED) is 0.455. The number of aryl methyl sites for hydroxylation is 2. The summed E-state index contributed by atoms with van der Waals surface area (Å²) in [6.07, 6.45) is 5.36. The van der Waals surface area contributed by atoms with Gasteiger partial charge >= 0.3 is 0 Å². The van der Waals surface area contributed by atoms with Gasteiger partial charge in [0.15, 0.2) is 0 Å². The third kappa shape index (κ3) is 3.84. The molecule has 1 amide bonds. The molecule has 1 aliphatic heterocycles. The Balaban J connectivity index is 1.59. The van der Waals surface area contributed by atoms with E-state index in [1.54, 1.807) is 12.4 Å². The predicted octanol–water partition coefficient (Wildman–Crippen LogP) is 3.85. The second-order valence-corrected chi connectivity index (χ2v) is 9.01.